The Morgan fingerprint density at radius 3 is 2.72 bits per heavy atom. The summed E-state index contributed by atoms with van der Waals surface area (Å²) in [4.78, 5) is 35.8. The molecule has 1 fully saturated rings. The van der Waals surface area contributed by atoms with Gasteiger partial charge in [0.05, 0.1) is 0 Å². The van der Waals surface area contributed by atoms with Gasteiger partial charge in [-0.15, -0.1) is 0 Å². The number of carbonyl (C=O) groups excluding carboxylic acids is 3. The lowest BCUT2D eigenvalue weighted by Gasteiger charge is -2.18. The van der Waals surface area contributed by atoms with E-state index in [0.29, 0.717) is 19.6 Å². The van der Waals surface area contributed by atoms with Crippen molar-refractivity contribution in [2.45, 2.75) is 12.8 Å². The van der Waals surface area contributed by atoms with Gasteiger partial charge in [0.1, 0.15) is 0 Å². The molecule has 0 spiro atoms. The summed E-state index contributed by atoms with van der Waals surface area (Å²) < 4.78 is 0. The van der Waals surface area contributed by atoms with Gasteiger partial charge in [-0.2, -0.15) is 0 Å². The summed E-state index contributed by atoms with van der Waals surface area (Å²) in [6, 6.07) is 0. The molecule has 0 aromatic heterocycles. The van der Waals surface area contributed by atoms with Gasteiger partial charge >= 0.3 is 11.8 Å². The van der Waals surface area contributed by atoms with E-state index in [9.17, 15) is 14.4 Å². The molecule has 7 nitrogen and oxygen atoms in total. The number of hydrogen-bond acceptors (Lipinski definition) is 4. The van der Waals surface area contributed by atoms with Gasteiger partial charge in [-0.05, 0) is 13.0 Å². The van der Waals surface area contributed by atoms with E-state index >= 15 is 0 Å². The predicted molar refractivity (Wildman–Crippen MR) is 65.8 cm³/mol. The van der Waals surface area contributed by atoms with E-state index in [4.69, 9.17) is 0 Å². The molecule has 3 N–H and O–H groups in total. The third-order valence-corrected chi connectivity index (χ3v) is 2.74. The average molecular weight is 256 g/mol. The third kappa shape index (κ3) is 4.70. The predicted octanol–water partition coefficient (Wildman–Crippen LogP) is -1.94. The molecule has 0 atom stereocenters. The number of nitrogens with zero attached hydrogens (tertiary/aromatic N) is 1. The average Bonchev–Trinajstić information content (AvgIpc) is 2.66. The summed E-state index contributed by atoms with van der Waals surface area (Å²) in [5, 5.41) is 8.06. The van der Waals surface area contributed by atoms with Crippen LogP contribution < -0.4 is 16.0 Å². The first-order valence-corrected chi connectivity index (χ1v) is 6.13. The zero-order valence-electron chi connectivity index (χ0n) is 10.6. The summed E-state index contributed by atoms with van der Waals surface area (Å²) in [5.74, 6) is -1.32. The Labute approximate surface area is 106 Å². The molecular weight excluding hydrogens is 236 g/mol. The first-order chi connectivity index (χ1) is 8.65. The molecule has 7 heteroatoms. The molecule has 0 unspecified atom stereocenters. The van der Waals surface area contributed by atoms with Gasteiger partial charge in [-0.3, -0.25) is 14.4 Å². The van der Waals surface area contributed by atoms with Crippen LogP contribution in [0.5, 0.6) is 0 Å². The van der Waals surface area contributed by atoms with Crippen molar-refractivity contribution in [3.8, 4) is 0 Å². The zero-order valence-corrected chi connectivity index (χ0v) is 10.6. The minimum atomic E-state index is -0.638. The minimum absolute atomic E-state index is 0.165. The second-order valence-electron chi connectivity index (χ2n) is 4.07. The van der Waals surface area contributed by atoms with Crippen molar-refractivity contribution in [2.75, 3.05) is 39.8 Å². The Morgan fingerprint density at radius 1 is 1.22 bits per heavy atom. The van der Waals surface area contributed by atoms with Crippen molar-refractivity contribution in [3.63, 3.8) is 0 Å². The van der Waals surface area contributed by atoms with Gasteiger partial charge in [0.25, 0.3) is 0 Å². The van der Waals surface area contributed by atoms with Crippen molar-refractivity contribution < 1.29 is 14.4 Å². The Bertz CT molecular complexity index is 311. The van der Waals surface area contributed by atoms with E-state index in [2.05, 4.69) is 16.0 Å². The molecule has 0 aromatic carbocycles. The molecule has 1 saturated heterocycles. The molecule has 102 valence electrons. The van der Waals surface area contributed by atoms with Crippen molar-refractivity contribution in [2.24, 2.45) is 0 Å². The summed E-state index contributed by atoms with van der Waals surface area (Å²) in [7, 11) is 1.53. The SMILES string of the molecule is CNC(=O)CCNC(=O)C(=O)N1CCCNCC1. The molecule has 1 heterocycles. The summed E-state index contributed by atoms with van der Waals surface area (Å²) in [6.45, 7) is 2.88. The number of amides is 3. The summed E-state index contributed by atoms with van der Waals surface area (Å²) in [6.07, 6.45) is 1.02. The maximum Gasteiger partial charge on any atom is 0.311 e. The van der Waals surface area contributed by atoms with Crippen LogP contribution in [0.15, 0.2) is 0 Å². The minimum Gasteiger partial charge on any atom is -0.359 e. The first kappa shape index (κ1) is 14.4. The monoisotopic (exact) mass is 256 g/mol. The van der Waals surface area contributed by atoms with E-state index < -0.39 is 11.8 Å². The van der Waals surface area contributed by atoms with Crippen LogP contribution in [0.1, 0.15) is 12.8 Å². The lowest BCUT2D eigenvalue weighted by Crippen LogP contribution is -2.45. The maximum absolute atomic E-state index is 11.8. The normalized spacial score (nSPS) is 15.7. The highest BCUT2D eigenvalue weighted by molar-refractivity contribution is 6.35. The van der Waals surface area contributed by atoms with Crippen molar-refractivity contribution in [1.82, 2.24) is 20.9 Å². The first-order valence-electron chi connectivity index (χ1n) is 6.13. The fourth-order valence-corrected chi connectivity index (χ4v) is 1.68. The highest BCUT2D eigenvalue weighted by Gasteiger charge is 2.21. The van der Waals surface area contributed by atoms with Gasteiger partial charge in [0, 0.05) is 39.6 Å². The fraction of sp³-hybridized carbons (Fsp3) is 0.727. The molecular formula is C11H20N4O3. The van der Waals surface area contributed by atoms with Crippen LogP contribution in [0.3, 0.4) is 0 Å². The molecule has 1 rings (SSSR count). The van der Waals surface area contributed by atoms with Gasteiger partial charge < -0.3 is 20.9 Å². The van der Waals surface area contributed by atoms with Gasteiger partial charge in [0.15, 0.2) is 0 Å². The van der Waals surface area contributed by atoms with Crippen LogP contribution in [0.2, 0.25) is 0 Å². The Kier molecular flexibility index (Phi) is 6.13. The second-order valence-corrected chi connectivity index (χ2v) is 4.07. The third-order valence-electron chi connectivity index (χ3n) is 2.74. The smallest absolute Gasteiger partial charge is 0.311 e. The zero-order chi connectivity index (χ0) is 13.4. The lowest BCUT2D eigenvalue weighted by atomic mass is 10.3. The van der Waals surface area contributed by atoms with Crippen LogP contribution in [0.25, 0.3) is 0 Å². The highest BCUT2D eigenvalue weighted by atomic mass is 16.2. The van der Waals surface area contributed by atoms with Crippen molar-refractivity contribution in [1.29, 1.82) is 0 Å². The van der Waals surface area contributed by atoms with Gasteiger partial charge in [-0.25, -0.2) is 0 Å². The highest BCUT2D eigenvalue weighted by Crippen LogP contribution is 1.96. The molecule has 18 heavy (non-hydrogen) atoms. The standard InChI is InChI=1S/C11H20N4O3/c1-12-9(16)3-5-14-10(17)11(18)15-7-2-4-13-6-8-15/h13H,2-8H2,1H3,(H,12,16)(H,14,17). The number of hydrogen-bond donors (Lipinski definition) is 3. The van der Waals surface area contributed by atoms with E-state index in [1.807, 2.05) is 0 Å². The Morgan fingerprint density at radius 2 is 2.00 bits per heavy atom. The van der Waals surface area contributed by atoms with E-state index in [0.717, 1.165) is 13.0 Å². The quantitative estimate of drug-likeness (QED) is 0.512. The summed E-state index contributed by atoms with van der Waals surface area (Å²) in [5.41, 5.74) is 0. The number of rotatable bonds is 3. The topological polar surface area (TPSA) is 90.5 Å². The van der Waals surface area contributed by atoms with E-state index in [1.165, 1.54) is 11.9 Å². The second kappa shape index (κ2) is 7.65. The lowest BCUT2D eigenvalue weighted by molar-refractivity contribution is -0.145. The van der Waals surface area contributed by atoms with E-state index in [1.54, 1.807) is 0 Å². The molecule has 1 aliphatic rings. The van der Waals surface area contributed by atoms with Crippen LogP contribution in [-0.2, 0) is 14.4 Å². The van der Waals surface area contributed by atoms with E-state index in [-0.39, 0.29) is 18.9 Å². The van der Waals surface area contributed by atoms with Crippen molar-refractivity contribution >= 4 is 17.7 Å². The van der Waals surface area contributed by atoms with Crippen LogP contribution in [0.4, 0.5) is 0 Å². The van der Waals surface area contributed by atoms with Gasteiger partial charge in [0.2, 0.25) is 5.91 Å². The van der Waals surface area contributed by atoms with Crippen LogP contribution in [-0.4, -0.2) is 62.4 Å². The van der Waals surface area contributed by atoms with Crippen LogP contribution in [0, 0.1) is 0 Å². The molecule has 3 amide bonds. The van der Waals surface area contributed by atoms with Gasteiger partial charge in [-0.1, -0.05) is 0 Å². The number of nitrogens with one attached hydrogen (secondary N) is 3. The van der Waals surface area contributed by atoms with Crippen molar-refractivity contribution in [3.05, 3.63) is 0 Å². The molecule has 0 aromatic rings. The molecule has 0 radical (unpaired) electrons. The number of carbonyl (C=O) groups is 3. The Hall–Kier alpha value is -1.63. The maximum atomic E-state index is 11.8. The summed E-state index contributed by atoms with van der Waals surface area (Å²) >= 11 is 0. The fourth-order valence-electron chi connectivity index (χ4n) is 1.68. The molecule has 0 aliphatic carbocycles. The molecule has 0 saturated carbocycles. The Balaban J connectivity index is 2.31. The molecule has 1 aliphatic heterocycles. The largest absolute Gasteiger partial charge is 0.359 e. The van der Waals surface area contributed by atoms with Crippen LogP contribution >= 0.6 is 0 Å². The molecule has 0 bridgehead atoms.